The molecule has 2 saturated heterocycles. The minimum atomic E-state index is -1.15. The summed E-state index contributed by atoms with van der Waals surface area (Å²) in [6.07, 6.45) is 3.28. The molecule has 2 aliphatic rings. The molecule has 0 aromatic heterocycles. The summed E-state index contributed by atoms with van der Waals surface area (Å²) in [5.41, 5.74) is 7.55. The number of carboxylic acids is 1. The van der Waals surface area contributed by atoms with Crippen LogP contribution in [0.3, 0.4) is 0 Å². The van der Waals surface area contributed by atoms with Gasteiger partial charge in [0.2, 0.25) is 29.5 Å². The average molecular weight is 1420 g/mol. The number of nitrogens with two attached hydrogens (primary N) is 1. The van der Waals surface area contributed by atoms with Gasteiger partial charge in [-0.1, -0.05) is 130 Å². The third-order valence-corrected chi connectivity index (χ3v) is 18.9. The number of amides is 10. The number of hydroxylamine groups is 2. The lowest BCUT2D eigenvalue weighted by atomic mass is 9.83. The quantitative estimate of drug-likeness (QED) is 0.0270. The Morgan fingerprint density at radius 2 is 1.34 bits per heavy atom. The highest BCUT2D eigenvalue weighted by atomic mass is 16.7. The molecule has 0 saturated carbocycles. The molecule has 2 aromatic rings. The number of carbonyl (C=O) groups excluding carboxylic acids is 12. The number of unbranched alkanes of at least 4 members (excludes halogenated alkanes) is 3. The van der Waals surface area contributed by atoms with Gasteiger partial charge in [0.15, 0.2) is 11.6 Å². The Hall–Kier alpha value is -8.33. The summed E-state index contributed by atoms with van der Waals surface area (Å²) in [6.45, 7) is 21.3. The molecule has 10 amide bonds. The number of Topliss-reactive ketones (excluding diaryl/α,β-unsaturated/α-hetero) is 2. The molecule has 27 heteroatoms. The molecular weight excluding hydrogens is 1300 g/mol. The Bertz CT molecular complexity index is 3040. The van der Waals surface area contributed by atoms with Crippen molar-refractivity contribution < 1.29 is 86.5 Å². The Kier molecular flexibility index (Phi) is 38.0. The molecule has 0 radical (unpaired) electrons. The van der Waals surface area contributed by atoms with E-state index in [1.807, 2.05) is 92.6 Å². The number of hydrogen-bond donors (Lipinski definition) is 6. The van der Waals surface area contributed by atoms with Crippen LogP contribution in [0.2, 0.25) is 0 Å². The standard InChI is InChI=1S/C43H70N4O10.C31H45N5O8/c1-13-28(7)38(45(9)41(51)31(26(3)4)24-34(48)37(27(5)6)46(10)43(54)57-14-2)35(55-11)25-36(49)47-22-18-21-33(47)39(56-12)29(8)40(50)44-32(42(52)53)23-30-19-16-15-17-20-30;1-20(2)29(35-25(38)10-6-4-5-7-11-28(41)44-36-26(39)16-17-27(36)40)24(37)19-22(9-8-18-33-31(32)43)30(42)34-23-14-12-21(3)13-15-23/h15-17,19-20,26-29,31-33,35,37-39H,13-14,18,21-25H2,1-12H3,(H,44,50)(H,52,53);12-15,20,22,29H,4-11,16-19H2,1-3H3,(H,34,42)(H,35,38)(H3,32,33,43)/t28-,29+,31-,32-,33-,35?,37-,38-,39+;22-,29+/m01/s1. The Labute approximate surface area is 596 Å². The number of ketones is 2. The van der Waals surface area contributed by atoms with Gasteiger partial charge >= 0.3 is 24.1 Å². The number of carbonyl (C=O) groups is 13. The summed E-state index contributed by atoms with van der Waals surface area (Å²) in [7, 11) is 6.24. The first-order valence-corrected chi connectivity index (χ1v) is 35.6. The van der Waals surface area contributed by atoms with Crippen LogP contribution in [-0.2, 0) is 78.2 Å². The van der Waals surface area contributed by atoms with Gasteiger partial charge in [0, 0.05) is 104 Å². The Balaban J connectivity index is 0.000000543. The summed E-state index contributed by atoms with van der Waals surface area (Å²) in [4.78, 5) is 175. The van der Waals surface area contributed by atoms with Crippen molar-refractivity contribution in [1.82, 2.24) is 35.7 Å². The van der Waals surface area contributed by atoms with Crippen LogP contribution >= 0.6 is 0 Å². The molecule has 2 fully saturated rings. The van der Waals surface area contributed by atoms with Crippen molar-refractivity contribution in [1.29, 1.82) is 0 Å². The van der Waals surface area contributed by atoms with Gasteiger partial charge in [-0.25, -0.2) is 19.2 Å². The fourth-order valence-electron chi connectivity index (χ4n) is 13.0. The number of primary amides is 1. The molecule has 11 atom stereocenters. The van der Waals surface area contributed by atoms with E-state index in [-0.39, 0.29) is 123 Å². The van der Waals surface area contributed by atoms with E-state index >= 15 is 0 Å². The number of methoxy groups -OCH3 is 2. The van der Waals surface area contributed by atoms with E-state index in [4.69, 9.17) is 24.8 Å². The highest BCUT2D eigenvalue weighted by Gasteiger charge is 2.44. The zero-order valence-corrected chi connectivity index (χ0v) is 62.2. The second-order valence-electron chi connectivity index (χ2n) is 27.6. The summed E-state index contributed by atoms with van der Waals surface area (Å²) in [5.74, 6) is -7.72. The predicted octanol–water partition coefficient (Wildman–Crippen LogP) is 8.11. The van der Waals surface area contributed by atoms with Crippen molar-refractivity contribution in [2.75, 3.05) is 53.3 Å². The van der Waals surface area contributed by atoms with E-state index in [9.17, 15) is 67.4 Å². The minimum Gasteiger partial charge on any atom is -0.480 e. The van der Waals surface area contributed by atoms with Crippen LogP contribution in [0.25, 0.3) is 0 Å². The molecule has 0 aliphatic carbocycles. The van der Waals surface area contributed by atoms with Crippen LogP contribution in [-0.4, -0.2) is 192 Å². The maximum atomic E-state index is 14.4. The normalized spacial score (nSPS) is 16.6. The number of nitrogens with zero attached hydrogens (tertiary/aromatic N) is 4. The van der Waals surface area contributed by atoms with Gasteiger partial charge in [-0.15, -0.1) is 5.06 Å². The maximum Gasteiger partial charge on any atom is 0.410 e. The second kappa shape index (κ2) is 44.1. The number of nitrogens with one attached hydrogen (secondary N) is 4. The van der Waals surface area contributed by atoms with Crippen molar-refractivity contribution in [3.8, 4) is 0 Å². The van der Waals surface area contributed by atoms with Crippen molar-refractivity contribution >= 4 is 82.7 Å². The lowest BCUT2D eigenvalue weighted by Crippen LogP contribution is -2.55. The van der Waals surface area contributed by atoms with Gasteiger partial charge in [0.05, 0.1) is 55.3 Å². The Morgan fingerprint density at radius 3 is 1.88 bits per heavy atom. The molecule has 7 N–H and O–H groups in total. The lowest BCUT2D eigenvalue weighted by molar-refractivity contribution is -0.197. The van der Waals surface area contributed by atoms with E-state index < -0.39 is 102 Å². The lowest BCUT2D eigenvalue weighted by Gasteiger charge is -2.41. The largest absolute Gasteiger partial charge is 0.480 e. The predicted molar refractivity (Wildman–Crippen MR) is 379 cm³/mol. The van der Waals surface area contributed by atoms with E-state index in [0.29, 0.717) is 75.1 Å². The number of hydrogen-bond acceptors (Lipinski definition) is 17. The van der Waals surface area contributed by atoms with Crippen LogP contribution in [0.4, 0.5) is 15.3 Å². The third-order valence-electron chi connectivity index (χ3n) is 18.9. The number of ether oxygens (including phenoxy) is 3. The first-order valence-electron chi connectivity index (χ1n) is 35.6. The van der Waals surface area contributed by atoms with Crippen molar-refractivity contribution in [3.05, 3.63) is 65.7 Å². The van der Waals surface area contributed by atoms with Gasteiger partial charge in [0.25, 0.3) is 11.8 Å². The fraction of sp³-hybridized carbons (Fsp3) is 0.662. The number of benzene rings is 2. The number of carboxylic acid groups (broad SMARTS) is 1. The third kappa shape index (κ3) is 28.2. The van der Waals surface area contributed by atoms with Gasteiger partial charge in [0.1, 0.15) is 6.04 Å². The van der Waals surface area contributed by atoms with Crippen LogP contribution in [0, 0.1) is 48.3 Å². The highest BCUT2D eigenvalue weighted by molar-refractivity contribution is 6.02. The monoisotopic (exact) mass is 1420 g/mol. The smallest absolute Gasteiger partial charge is 0.410 e. The topological polar surface area (TPSA) is 366 Å². The van der Waals surface area contributed by atoms with Gasteiger partial charge < -0.3 is 65.9 Å². The second-order valence-corrected chi connectivity index (χ2v) is 27.6. The summed E-state index contributed by atoms with van der Waals surface area (Å²) in [6, 6.07) is 12.0. The molecule has 4 rings (SSSR count). The van der Waals surface area contributed by atoms with E-state index in [0.717, 1.165) is 11.1 Å². The minimum absolute atomic E-state index is 0.0392. The molecule has 564 valence electrons. The Morgan fingerprint density at radius 1 is 0.713 bits per heavy atom. The van der Waals surface area contributed by atoms with Crippen molar-refractivity contribution in [2.24, 2.45) is 47.2 Å². The number of likely N-dealkylation sites (tertiary alicyclic amines) is 1. The average Bonchev–Trinajstić information content (AvgIpc) is 1.79. The maximum absolute atomic E-state index is 14.4. The number of aliphatic carboxylic acids is 1. The van der Waals surface area contributed by atoms with Gasteiger partial charge in [-0.2, -0.15) is 0 Å². The first kappa shape index (κ1) is 86.9. The van der Waals surface area contributed by atoms with Crippen LogP contribution in [0.15, 0.2) is 54.6 Å². The summed E-state index contributed by atoms with van der Waals surface area (Å²) < 4.78 is 17.0. The van der Waals surface area contributed by atoms with Crippen LogP contribution in [0.1, 0.15) is 183 Å². The molecule has 2 aromatic carbocycles. The molecule has 101 heavy (non-hydrogen) atoms. The zero-order chi connectivity index (χ0) is 75.8. The number of imide groups is 1. The van der Waals surface area contributed by atoms with E-state index in [1.165, 1.54) is 26.2 Å². The molecule has 2 heterocycles. The zero-order valence-electron chi connectivity index (χ0n) is 62.2. The first-order chi connectivity index (χ1) is 47.7. The summed E-state index contributed by atoms with van der Waals surface area (Å²) in [5, 5.41) is 21.3. The number of rotatable bonds is 42. The van der Waals surface area contributed by atoms with E-state index in [1.54, 1.807) is 55.0 Å². The van der Waals surface area contributed by atoms with Crippen molar-refractivity contribution in [3.63, 3.8) is 0 Å². The summed E-state index contributed by atoms with van der Waals surface area (Å²) >= 11 is 0. The van der Waals surface area contributed by atoms with Crippen LogP contribution in [0.5, 0.6) is 0 Å². The number of aryl methyl sites for hydroxylation is 1. The highest BCUT2D eigenvalue weighted by Crippen LogP contribution is 2.32. The van der Waals surface area contributed by atoms with Gasteiger partial charge in [-0.3, -0.25) is 43.2 Å². The fourth-order valence-corrected chi connectivity index (χ4v) is 13.0. The number of urea groups is 1. The molecule has 0 spiro atoms. The molecule has 0 bridgehead atoms. The molecule has 1 unspecified atom stereocenters. The number of anilines is 1. The van der Waals surface area contributed by atoms with Crippen LogP contribution < -0.4 is 27.0 Å². The van der Waals surface area contributed by atoms with Gasteiger partial charge in [-0.05, 0) is 93.7 Å². The molecule has 27 nitrogen and oxygen atoms in total. The van der Waals surface area contributed by atoms with Crippen molar-refractivity contribution in [2.45, 2.75) is 228 Å². The molecule has 2 aliphatic heterocycles. The molecular formula is C74H115N9O18. The SMILES string of the molecule is CCOC(=O)N(C)[C@H](C(=O)C[C@H](C(=O)N(C)[C@H](C(CC(=O)N1CCC[C@H]1[C@H](OC)[C@@H](C)C(=O)N[C@@H](Cc1ccccc1)C(=O)O)OC)[C@@H](C)CC)C(C)C)C(C)C.Cc1ccc(NC(=O)[C@H](CCCNC(N)=O)CC(=O)[C@@H](NC(=O)CCCCCCC(=O)ON2C(=O)CCC2=O)C(C)C)cc1. The van der Waals surface area contributed by atoms with E-state index in [2.05, 4.69) is 21.3 Å². The number of likely N-dealkylation sites (N-methyl/N-ethyl adjacent to an activating group) is 2.